The van der Waals surface area contributed by atoms with Crippen LogP contribution in [0.1, 0.15) is 19.3 Å². The van der Waals surface area contributed by atoms with Crippen LogP contribution in [-0.4, -0.2) is 36.1 Å². The molecule has 0 amide bonds. The molecule has 2 aromatic rings. The molecule has 1 N–H and O–H groups in total. The molecule has 1 saturated heterocycles. The fraction of sp³-hybridized carbons (Fsp3) is 0.467. The third-order valence-corrected chi connectivity index (χ3v) is 3.58. The first-order valence-corrected chi connectivity index (χ1v) is 6.76. The molecule has 2 heterocycles. The minimum absolute atomic E-state index is 0.762. The quantitative estimate of drug-likeness (QED) is 0.894. The van der Waals surface area contributed by atoms with E-state index in [9.17, 15) is 0 Å². The second-order valence-electron chi connectivity index (χ2n) is 4.86. The van der Waals surface area contributed by atoms with Crippen LogP contribution in [0.2, 0.25) is 0 Å². The molecule has 1 aliphatic heterocycles. The van der Waals surface area contributed by atoms with Gasteiger partial charge in [0.1, 0.15) is 12.4 Å². The molecule has 3 heteroatoms. The molecular weight excluding hydrogens is 224 g/mol. The van der Waals surface area contributed by atoms with Crippen molar-refractivity contribution in [1.82, 2.24) is 9.88 Å². The van der Waals surface area contributed by atoms with Gasteiger partial charge in [0.25, 0.3) is 0 Å². The summed E-state index contributed by atoms with van der Waals surface area (Å²) in [5, 5.41) is 1.09. The third kappa shape index (κ3) is 2.51. The summed E-state index contributed by atoms with van der Waals surface area (Å²) in [4.78, 5) is 5.67. The summed E-state index contributed by atoms with van der Waals surface area (Å²) in [5.41, 5.74) is 1.05. The van der Waals surface area contributed by atoms with Crippen LogP contribution in [0.4, 0.5) is 0 Å². The number of piperidine rings is 1. The van der Waals surface area contributed by atoms with Gasteiger partial charge < -0.3 is 9.72 Å². The molecular formula is C15H19N2O. The van der Waals surface area contributed by atoms with E-state index in [4.69, 9.17) is 4.74 Å². The van der Waals surface area contributed by atoms with Crippen molar-refractivity contribution in [1.29, 1.82) is 0 Å². The van der Waals surface area contributed by atoms with E-state index in [0.717, 1.165) is 29.8 Å². The highest BCUT2D eigenvalue weighted by Gasteiger charge is 2.10. The highest BCUT2D eigenvalue weighted by atomic mass is 16.5. The lowest BCUT2D eigenvalue weighted by Gasteiger charge is -2.26. The van der Waals surface area contributed by atoms with Crippen molar-refractivity contribution < 1.29 is 4.74 Å². The van der Waals surface area contributed by atoms with Crippen molar-refractivity contribution >= 4 is 10.9 Å². The van der Waals surface area contributed by atoms with Crippen molar-refractivity contribution in [3.63, 3.8) is 0 Å². The van der Waals surface area contributed by atoms with E-state index in [1.54, 1.807) is 0 Å². The van der Waals surface area contributed by atoms with Crippen LogP contribution in [0, 0.1) is 6.07 Å². The number of ether oxygens (including phenoxy) is 1. The number of hydrogen-bond donors (Lipinski definition) is 1. The number of rotatable bonds is 4. The van der Waals surface area contributed by atoms with Crippen molar-refractivity contribution in [3.8, 4) is 5.75 Å². The zero-order valence-electron chi connectivity index (χ0n) is 10.6. The summed E-state index contributed by atoms with van der Waals surface area (Å²) in [6.07, 6.45) is 5.89. The van der Waals surface area contributed by atoms with Gasteiger partial charge in [0.2, 0.25) is 0 Å². The van der Waals surface area contributed by atoms with Gasteiger partial charge in [-0.1, -0.05) is 18.6 Å². The van der Waals surface area contributed by atoms with Gasteiger partial charge in [-0.15, -0.1) is 0 Å². The van der Waals surface area contributed by atoms with Crippen LogP contribution < -0.4 is 4.74 Å². The van der Waals surface area contributed by atoms with Gasteiger partial charge in [0.15, 0.2) is 0 Å². The molecule has 0 spiro atoms. The average Bonchev–Trinajstić information content (AvgIpc) is 2.89. The Hall–Kier alpha value is -1.48. The van der Waals surface area contributed by atoms with Gasteiger partial charge in [-0.2, -0.15) is 0 Å². The van der Waals surface area contributed by atoms with E-state index in [1.165, 1.54) is 32.4 Å². The average molecular weight is 243 g/mol. The Balaban J connectivity index is 1.57. The van der Waals surface area contributed by atoms with E-state index in [1.807, 2.05) is 24.4 Å². The van der Waals surface area contributed by atoms with Gasteiger partial charge in [0, 0.05) is 24.2 Å². The molecule has 0 atom stereocenters. The Morgan fingerprint density at radius 2 is 2.11 bits per heavy atom. The van der Waals surface area contributed by atoms with Gasteiger partial charge >= 0.3 is 0 Å². The van der Waals surface area contributed by atoms with E-state index in [2.05, 4.69) is 16.0 Å². The molecule has 3 nitrogen and oxygen atoms in total. The van der Waals surface area contributed by atoms with Crippen LogP contribution in [0.15, 0.2) is 24.4 Å². The lowest BCUT2D eigenvalue weighted by atomic mass is 10.1. The molecule has 1 aromatic heterocycles. The summed E-state index contributed by atoms with van der Waals surface area (Å²) >= 11 is 0. The van der Waals surface area contributed by atoms with E-state index in [0.29, 0.717) is 0 Å². The fourth-order valence-electron chi connectivity index (χ4n) is 2.57. The minimum Gasteiger partial charge on any atom is -0.490 e. The zero-order chi connectivity index (χ0) is 12.2. The Morgan fingerprint density at radius 1 is 1.22 bits per heavy atom. The molecule has 18 heavy (non-hydrogen) atoms. The van der Waals surface area contributed by atoms with Gasteiger partial charge in [-0.05, 0) is 32.0 Å². The molecule has 0 aliphatic carbocycles. The van der Waals surface area contributed by atoms with Crippen LogP contribution in [0.25, 0.3) is 10.9 Å². The molecule has 3 rings (SSSR count). The molecule has 1 aromatic carbocycles. The number of H-pyrrole nitrogens is 1. The molecule has 1 radical (unpaired) electrons. The topological polar surface area (TPSA) is 28.3 Å². The molecule has 0 saturated carbocycles. The van der Waals surface area contributed by atoms with Gasteiger partial charge in [0.05, 0.1) is 5.52 Å². The Labute approximate surface area is 108 Å². The summed E-state index contributed by atoms with van der Waals surface area (Å²) in [6, 6.07) is 9.23. The Bertz CT molecular complexity index is 500. The highest BCUT2D eigenvalue weighted by Crippen LogP contribution is 2.23. The lowest BCUT2D eigenvalue weighted by Crippen LogP contribution is -2.33. The third-order valence-electron chi connectivity index (χ3n) is 3.58. The first-order chi connectivity index (χ1) is 8.93. The smallest absolute Gasteiger partial charge is 0.143 e. The number of aromatic nitrogens is 1. The highest BCUT2D eigenvalue weighted by molar-refractivity contribution is 5.84. The van der Waals surface area contributed by atoms with Crippen molar-refractivity contribution in [2.75, 3.05) is 26.2 Å². The maximum absolute atomic E-state index is 5.89. The number of benzene rings is 1. The summed E-state index contributed by atoms with van der Waals surface area (Å²) in [5.74, 6) is 0.936. The Kier molecular flexibility index (Phi) is 3.51. The van der Waals surface area contributed by atoms with E-state index < -0.39 is 0 Å². The van der Waals surface area contributed by atoms with Crippen molar-refractivity contribution in [2.45, 2.75) is 19.3 Å². The molecule has 1 aliphatic rings. The zero-order valence-corrected chi connectivity index (χ0v) is 10.6. The van der Waals surface area contributed by atoms with Crippen molar-refractivity contribution in [3.05, 3.63) is 30.5 Å². The predicted molar refractivity (Wildman–Crippen MR) is 72.9 cm³/mol. The number of fused-ring (bicyclic) bond motifs is 1. The monoisotopic (exact) mass is 243 g/mol. The molecule has 95 valence electrons. The maximum Gasteiger partial charge on any atom is 0.143 e. The minimum atomic E-state index is 0.762. The number of para-hydroxylation sites is 1. The first kappa shape index (κ1) is 11.6. The van der Waals surface area contributed by atoms with Crippen LogP contribution in [0.5, 0.6) is 5.75 Å². The van der Waals surface area contributed by atoms with Crippen LogP contribution in [-0.2, 0) is 0 Å². The Morgan fingerprint density at radius 3 is 3.00 bits per heavy atom. The standard InChI is InChI=1S/C15H19N2O/c1-2-9-17(10-3-1)11-12-18-14-6-4-5-13-7-8-16-15(13)14/h4-6,8,16H,1-3,9-12H2. The number of nitrogens with one attached hydrogen (secondary N) is 1. The first-order valence-electron chi connectivity index (χ1n) is 6.76. The molecule has 0 unspecified atom stereocenters. The van der Waals surface area contributed by atoms with E-state index in [-0.39, 0.29) is 0 Å². The maximum atomic E-state index is 5.89. The molecule has 1 fully saturated rings. The normalized spacial score (nSPS) is 17.1. The fourth-order valence-corrected chi connectivity index (χ4v) is 2.57. The molecule has 0 bridgehead atoms. The second kappa shape index (κ2) is 5.44. The number of nitrogens with zero attached hydrogens (tertiary/aromatic N) is 1. The van der Waals surface area contributed by atoms with Gasteiger partial charge in [-0.3, -0.25) is 4.90 Å². The number of hydrogen-bond acceptors (Lipinski definition) is 2. The number of aromatic amines is 1. The second-order valence-corrected chi connectivity index (χ2v) is 4.86. The SMILES string of the molecule is [c]1c[nH]c2c(OCCN3CCCCC3)cccc12. The van der Waals surface area contributed by atoms with E-state index >= 15 is 0 Å². The van der Waals surface area contributed by atoms with Crippen LogP contribution >= 0.6 is 0 Å². The summed E-state index contributed by atoms with van der Waals surface area (Å²) < 4.78 is 5.89. The predicted octanol–water partition coefficient (Wildman–Crippen LogP) is 2.83. The summed E-state index contributed by atoms with van der Waals surface area (Å²) in [7, 11) is 0. The number of likely N-dealkylation sites (tertiary alicyclic amines) is 1. The summed E-state index contributed by atoms with van der Waals surface area (Å²) in [6.45, 7) is 4.24. The lowest BCUT2D eigenvalue weighted by molar-refractivity contribution is 0.184. The van der Waals surface area contributed by atoms with Gasteiger partial charge in [-0.25, -0.2) is 0 Å². The van der Waals surface area contributed by atoms with Crippen molar-refractivity contribution in [2.24, 2.45) is 0 Å². The van der Waals surface area contributed by atoms with Crippen LogP contribution in [0.3, 0.4) is 0 Å². The largest absolute Gasteiger partial charge is 0.490 e.